The Balaban J connectivity index is 2.54. The normalized spacial score (nSPS) is 27.0. The van der Waals surface area contributed by atoms with E-state index in [-0.39, 0.29) is 0 Å². The van der Waals surface area contributed by atoms with Crippen LogP contribution < -0.4 is 0 Å². The second-order valence-electron chi connectivity index (χ2n) is 6.84. The molecule has 1 saturated heterocycles. The third-order valence-electron chi connectivity index (χ3n) is 4.70. The van der Waals surface area contributed by atoms with Crippen molar-refractivity contribution in [3.8, 4) is 0 Å². The maximum atomic E-state index is 2.67. The summed E-state index contributed by atoms with van der Waals surface area (Å²) < 4.78 is 0. The number of hydrogen-bond acceptors (Lipinski definition) is 2. The predicted molar refractivity (Wildman–Crippen MR) is 76.5 cm³/mol. The Hall–Kier alpha value is -0.0800. The molecule has 1 unspecified atom stereocenters. The third-order valence-corrected chi connectivity index (χ3v) is 4.70. The summed E-state index contributed by atoms with van der Waals surface area (Å²) in [5.41, 5.74) is 0.921. The molecule has 0 amide bonds. The van der Waals surface area contributed by atoms with E-state index in [1.54, 1.807) is 0 Å². The first-order chi connectivity index (χ1) is 7.83. The number of hydrogen-bond donors (Lipinski definition) is 0. The first-order valence-electron chi connectivity index (χ1n) is 7.26. The lowest BCUT2D eigenvalue weighted by Gasteiger charge is -2.35. The van der Waals surface area contributed by atoms with Crippen molar-refractivity contribution >= 4 is 0 Å². The first kappa shape index (κ1) is 15.0. The van der Waals surface area contributed by atoms with Crippen LogP contribution in [0.3, 0.4) is 0 Å². The van der Waals surface area contributed by atoms with Gasteiger partial charge in [0.25, 0.3) is 0 Å². The molecule has 0 aromatic carbocycles. The molecule has 0 aliphatic carbocycles. The standard InChI is InChI=1S/C15H32N2/c1-7-15(9-11-16(6)8-2)10-12-17(13-15)14(3,4)5/h7-13H2,1-6H3. The molecule has 0 saturated carbocycles. The van der Waals surface area contributed by atoms with E-state index in [0.29, 0.717) is 11.0 Å². The van der Waals surface area contributed by atoms with E-state index in [4.69, 9.17) is 0 Å². The minimum absolute atomic E-state index is 0.341. The summed E-state index contributed by atoms with van der Waals surface area (Å²) in [5.74, 6) is 0. The van der Waals surface area contributed by atoms with Crippen LogP contribution >= 0.6 is 0 Å². The monoisotopic (exact) mass is 240 g/mol. The Kier molecular flexibility index (Phi) is 5.03. The Morgan fingerprint density at radius 2 is 1.88 bits per heavy atom. The van der Waals surface area contributed by atoms with Gasteiger partial charge in [0.05, 0.1) is 0 Å². The molecule has 0 bridgehead atoms. The van der Waals surface area contributed by atoms with Crippen LogP contribution in [0.1, 0.15) is 53.9 Å². The van der Waals surface area contributed by atoms with Crippen LogP contribution in [0.4, 0.5) is 0 Å². The van der Waals surface area contributed by atoms with Crippen LogP contribution in [0.25, 0.3) is 0 Å². The highest BCUT2D eigenvalue weighted by atomic mass is 15.2. The molecule has 17 heavy (non-hydrogen) atoms. The Bertz CT molecular complexity index is 232. The van der Waals surface area contributed by atoms with Gasteiger partial charge in [0, 0.05) is 12.1 Å². The van der Waals surface area contributed by atoms with Crippen molar-refractivity contribution in [3.63, 3.8) is 0 Å². The van der Waals surface area contributed by atoms with Crippen molar-refractivity contribution in [3.05, 3.63) is 0 Å². The zero-order chi connectivity index (χ0) is 13.1. The zero-order valence-corrected chi connectivity index (χ0v) is 12.8. The molecule has 1 aliphatic rings. The highest BCUT2D eigenvalue weighted by Gasteiger charge is 2.39. The average Bonchev–Trinajstić information content (AvgIpc) is 2.71. The summed E-state index contributed by atoms with van der Waals surface area (Å²) >= 11 is 0. The lowest BCUT2D eigenvalue weighted by Crippen LogP contribution is -2.41. The summed E-state index contributed by atoms with van der Waals surface area (Å²) in [4.78, 5) is 5.11. The lowest BCUT2D eigenvalue weighted by molar-refractivity contribution is 0.135. The van der Waals surface area contributed by atoms with Gasteiger partial charge in [-0.15, -0.1) is 0 Å². The van der Waals surface area contributed by atoms with Crippen LogP contribution in [0.2, 0.25) is 0 Å². The van der Waals surface area contributed by atoms with E-state index in [0.717, 1.165) is 0 Å². The number of rotatable bonds is 5. The number of nitrogens with zero attached hydrogens (tertiary/aromatic N) is 2. The Morgan fingerprint density at radius 3 is 2.29 bits per heavy atom. The molecule has 102 valence electrons. The summed E-state index contributed by atoms with van der Waals surface area (Å²) in [5, 5.41) is 0. The van der Waals surface area contributed by atoms with Crippen LogP contribution in [-0.2, 0) is 0 Å². The minimum Gasteiger partial charge on any atom is -0.307 e. The largest absolute Gasteiger partial charge is 0.307 e. The molecule has 1 aliphatic heterocycles. The highest BCUT2D eigenvalue weighted by molar-refractivity contribution is 4.93. The molecule has 0 spiro atoms. The van der Waals surface area contributed by atoms with Gasteiger partial charge in [-0.25, -0.2) is 0 Å². The van der Waals surface area contributed by atoms with Crippen LogP contribution in [0, 0.1) is 5.41 Å². The van der Waals surface area contributed by atoms with Gasteiger partial charge in [0.2, 0.25) is 0 Å². The van der Waals surface area contributed by atoms with Gasteiger partial charge in [0.1, 0.15) is 0 Å². The molecule has 2 nitrogen and oxygen atoms in total. The SMILES string of the molecule is CCN(C)CCC1(CC)CCN(C(C)(C)C)C1. The van der Waals surface area contributed by atoms with Crippen LogP contribution in [0.5, 0.6) is 0 Å². The van der Waals surface area contributed by atoms with E-state index < -0.39 is 0 Å². The van der Waals surface area contributed by atoms with Crippen molar-refractivity contribution in [2.45, 2.75) is 59.4 Å². The van der Waals surface area contributed by atoms with E-state index in [1.165, 1.54) is 45.4 Å². The van der Waals surface area contributed by atoms with Gasteiger partial charge in [-0.3, -0.25) is 4.90 Å². The second-order valence-corrected chi connectivity index (χ2v) is 6.84. The zero-order valence-electron chi connectivity index (χ0n) is 12.8. The van der Waals surface area contributed by atoms with E-state index in [1.807, 2.05) is 0 Å². The fraction of sp³-hybridized carbons (Fsp3) is 1.00. The van der Waals surface area contributed by atoms with Gasteiger partial charge in [-0.1, -0.05) is 13.8 Å². The summed E-state index contributed by atoms with van der Waals surface area (Å²) in [6, 6.07) is 0. The first-order valence-corrected chi connectivity index (χ1v) is 7.26. The molecule has 1 rings (SSSR count). The van der Waals surface area contributed by atoms with Crippen molar-refractivity contribution in [2.24, 2.45) is 5.41 Å². The van der Waals surface area contributed by atoms with Gasteiger partial charge >= 0.3 is 0 Å². The maximum absolute atomic E-state index is 2.67. The molecule has 2 heteroatoms. The molecule has 1 fully saturated rings. The fourth-order valence-corrected chi connectivity index (χ4v) is 2.76. The van der Waals surface area contributed by atoms with Crippen LogP contribution in [-0.4, -0.2) is 48.6 Å². The summed E-state index contributed by atoms with van der Waals surface area (Å²) in [6.45, 7) is 16.7. The van der Waals surface area contributed by atoms with E-state index >= 15 is 0 Å². The smallest absolute Gasteiger partial charge is 0.0125 e. The molecule has 0 N–H and O–H groups in total. The average molecular weight is 240 g/mol. The second kappa shape index (κ2) is 5.71. The van der Waals surface area contributed by atoms with Gasteiger partial charge < -0.3 is 4.90 Å². The van der Waals surface area contributed by atoms with Gasteiger partial charge in [0.15, 0.2) is 0 Å². The Morgan fingerprint density at radius 1 is 1.24 bits per heavy atom. The van der Waals surface area contributed by atoms with Gasteiger partial charge in [-0.05, 0) is 72.1 Å². The summed E-state index contributed by atoms with van der Waals surface area (Å²) in [6.07, 6.45) is 4.08. The van der Waals surface area contributed by atoms with Crippen LogP contribution in [0.15, 0.2) is 0 Å². The minimum atomic E-state index is 0.341. The molecular weight excluding hydrogens is 208 g/mol. The van der Waals surface area contributed by atoms with Crippen molar-refractivity contribution < 1.29 is 0 Å². The molecule has 1 heterocycles. The molecule has 0 aromatic heterocycles. The van der Waals surface area contributed by atoms with E-state index in [9.17, 15) is 0 Å². The quantitative estimate of drug-likeness (QED) is 0.728. The van der Waals surface area contributed by atoms with E-state index in [2.05, 4.69) is 51.5 Å². The Labute approximate surface area is 108 Å². The highest BCUT2D eigenvalue weighted by Crippen LogP contribution is 2.39. The topological polar surface area (TPSA) is 6.48 Å². The molecule has 1 atom stereocenters. The molecule has 0 aromatic rings. The predicted octanol–water partition coefficient (Wildman–Crippen LogP) is 3.23. The maximum Gasteiger partial charge on any atom is 0.0125 e. The lowest BCUT2D eigenvalue weighted by atomic mass is 9.80. The van der Waals surface area contributed by atoms with Crippen molar-refractivity contribution in [2.75, 3.05) is 33.2 Å². The fourth-order valence-electron chi connectivity index (χ4n) is 2.76. The van der Waals surface area contributed by atoms with Crippen molar-refractivity contribution in [1.82, 2.24) is 9.80 Å². The summed E-state index contributed by atoms with van der Waals surface area (Å²) in [7, 11) is 2.24. The van der Waals surface area contributed by atoms with Crippen molar-refractivity contribution in [1.29, 1.82) is 0 Å². The molecular formula is C15H32N2. The third kappa shape index (κ3) is 3.96. The number of likely N-dealkylation sites (tertiary alicyclic amines) is 1. The van der Waals surface area contributed by atoms with Gasteiger partial charge in [-0.2, -0.15) is 0 Å². The molecule has 0 radical (unpaired) electrons.